The molecule has 4 rings (SSSR count). The van der Waals surface area contributed by atoms with E-state index < -0.39 is 5.97 Å². The number of ether oxygens (including phenoxy) is 1. The van der Waals surface area contributed by atoms with Gasteiger partial charge >= 0.3 is 5.97 Å². The zero-order valence-corrected chi connectivity index (χ0v) is 21.8. The van der Waals surface area contributed by atoms with Crippen molar-refractivity contribution in [2.24, 2.45) is 7.05 Å². The molecule has 1 amide bonds. The molecule has 34 heavy (non-hydrogen) atoms. The highest BCUT2D eigenvalue weighted by Gasteiger charge is 2.23. The van der Waals surface area contributed by atoms with E-state index in [1.807, 2.05) is 29.1 Å². The highest BCUT2D eigenvalue weighted by Crippen LogP contribution is 2.37. The molecule has 0 saturated carbocycles. The van der Waals surface area contributed by atoms with E-state index in [0.717, 1.165) is 23.4 Å². The maximum atomic E-state index is 12.7. The molecule has 4 aromatic rings. The van der Waals surface area contributed by atoms with Crippen molar-refractivity contribution in [3.05, 3.63) is 56.6 Å². The van der Waals surface area contributed by atoms with Crippen LogP contribution in [0.2, 0.25) is 5.02 Å². The summed E-state index contributed by atoms with van der Waals surface area (Å²) in [5, 5.41) is 16.9. The van der Waals surface area contributed by atoms with E-state index >= 15 is 0 Å². The molecule has 0 aliphatic rings. The van der Waals surface area contributed by atoms with Gasteiger partial charge in [-0.2, -0.15) is 0 Å². The molecular weight excluding hydrogens is 512 g/mol. The number of carbonyl (C=O) groups excluding carboxylic acids is 2. The number of nitrogens with one attached hydrogen (secondary N) is 1. The van der Waals surface area contributed by atoms with Crippen molar-refractivity contribution in [1.82, 2.24) is 14.8 Å². The number of thiophene rings is 2. The van der Waals surface area contributed by atoms with E-state index in [9.17, 15) is 9.59 Å². The molecule has 0 bridgehead atoms. The molecule has 0 radical (unpaired) electrons. The third kappa shape index (κ3) is 5.20. The Kier molecular flexibility index (Phi) is 7.72. The summed E-state index contributed by atoms with van der Waals surface area (Å²) in [6, 6.07) is 9.25. The lowest BCUT2D eigenvalue weighted by molar-refractivity contribution is -0.113. The molecular formula is C23H21ClN4O3S3. The first-order valence-electron chi connectivity index (χ1n) is 10.3. The van der Waals surface area contributed by atoms with Gasteiger partial charge < -0.3 is 14.6 Å². The number of thioether (sulfide) groups is 1. The van der Waals surface area contributed by atoms with Crippen molar-refractivity contribution in [3.63, 3.8) is 0 Å². The largest absolute Gasteiger partial charge is 0.465 e. The van der Waals surface area contributed by atoms with Crippen molar-refractivity contribution in [3.8, 4) is 22.5 Å². The van der Waals surface area contributed by atoms with Gasteiger partial charge in [-0.1, -0.05) is 42.4 Å². The fourth-order valence-corrected chi connectivity index (χ4v) is 5.89. The maximum Gasteiger partial charge on any atom is 0.341 e. The summed E-state index contributed by atoms with van der Waals surface area (Å²) in [7, 11) is 3.20. The van der Waals surface area contributed by atoms with E-state index in [1.165, 1.54) is 35.1 Å². The van der Waals surface area contributed by atoms with Gasteiger partial charge in [0.2, 0.25) is 5.91 Å². The quantitative estimate of drug-likeness (QED) is 0.221. The maximum absolute atomic E-state index is 12.7. The first kappa shape index (κ1) is 24.5. The van der Waals surface area contributed by atoms with Crippen LogP contribution >= 0.6 is 46.0 Å². The van der Waals surface area contributed by atoms with Crippen molar-refractivity contribution in [1.29, 1.82) is 0 Å². The number of aromatic nitrogens is 3. The molecule has 0 fully saturated rings. The molecule has 0 aliphatic heterocycles. The van der Waals surface area contributed by atoms with Crippen LogP contribution in [0.15, 0.2) is 46.2 Å². The first-order chi connectivity index (χ1) is 16.4. The van der Waals surface area contributed by atoms with E-state index in [-0.39, 0.29) is 11.7 Å². The average Bonchev–Trinajstić information content (AvgIpc) is 3.56. The Morgan fingerprint density at radius 3 is 2.59 bits per heavy atom. The monoisotopic (exact) mass is 532 g/mol. The molecule has 0 unspecified atom stereocenters. The molecule has 0 atom stereocenters. The van der Waals surface area contributed by atoms with Crippen molar-refractivity contribution in [2.45, 2.75) is 18.5 Å². The van der Waals surface area contributed by atoms with Crippen LogP contribution in [0.25, 0.3) is 22.5 Å². The second kappa shape index (κ2) is 10.7. The normalized spacial score (nSPS) is 10.9. The van der Waals surface area contributed by atoms with Crippen LogP contribution in [0.1, 0.15) is 22.2 Å². The number of benzene rings is 1. The van der Waals surface area contributed by atoms with E-state index in [1.54, 1.807) is 23.5 Å². The Morgan fingerprint density at radius 2 is 1.91 bits per heavy atom. The predicted molar refractivity (Wildman–Crippen MR) is 139 cm³/mol. The summed E-state index contributed by atoms with van der Waals surface area (Å²) >= 11 is 10.2. The number of hydrogen-bond acceptors (Lipinski definition) is 8. The molecule has 0 aliphatic carbocycles. The molecule has 11 heteroatoms. The Balaban J connectivity index is 1.47. The summed E-state index contributed by atoms with van der Waals surface area (Å²) in [6.07, 6.45) is 0.973. The topological polar surface area (TPSA) is 86.1 Å². The fourth-order valence-electron chi connectivity index (χ4n) is 3.26. The third-order valence-electron chi connectivity index (χ3n) is 5.02. The van der Waals surface area contributed by atoms with Crippen LogP contribution in [0.4, 0.5) is 5.00 Å². The number of hydrogen-bond donors (Lipinski definition) is 1. The second-order valence-electron chi connectivity index (χ2n) is 7.21. The standard InChI is InChI=1S/C23H21ClN4O3S3/c1-4-16-9-14(10-32-16)20-26-27-23(28(20)2)34-12-18(29)25-21-19(22(30)31-3)17(11-33-21)13-5-7-15(24)8-6-13/h5-11H,4,12H2,1-3H3,(H,25,29). The number of anilines is 1. The van der Waals surface area contributed by atoms with Crippen LogP contribution in [0.5, 0.6) is 0 Å². The summed E-state index contributed by atoms with van der Waals surface area (Å²) in [5.74, 6) is 0.102. The number of halogens is 1. The Bertz CT molecular complexity index is 1330. The van der Waals surface area contributed by atoms with Gasteiger partial charge in [0.05, 0.1) is 12.9 Å². The van der Waals surface area contributed by atoms with Crippen molar-refractivity contribution in [2.75, 3.05) is 18.2 Å². The number of amides is 1. The minimum absolute atomic E-state index is 0.116. The van der Waals surface area contributed by atoms with Crippen LogP contribution < -0.4 is 5.32 Å². The Morgan fingerprint density at radius 1 is 1.15 bits per heavy atom. The van der Waals surface area contributed by atoms with Gasteiger partial charge in [0.15, 0.2) is 11.0 Å². The zero-order chi connectivity index (χ0) is 24.2. The Labute approximate surface area is 214 Å². The zero-order valence-electron chi connectivity index (χ0n) is 18.6. The summed E-state index contributed by atoms with van der Waals surface area (Å²) in [5.41, 5.74) is 2.82. The highest BCUT2D eigenvalue weighted by atomic mass is 35.5. The number of aryl methyl sites for hydroxylation is 1. The molecule has 176 valence electrons. The number of nitrogens with zero attached hydrogens (tertiary/aromatic N) is 3. The molecule has 0 spiro atoms. The third-order valence-corrected chi connectivity index (χ3v) is 8.27. The highest BCUT2D eigenvalue weighted by molar-refractivity contribution is 7.99. The molecule has 1 aromatic carbocycles. The van der Waals surface area contributed by atoms with Crippen LogP contribution in [0, 0.1) is 0 Å². The lowest BCUT2D eigenvalue weighted by Crippen LogP contribution is -2.16. The minimum Gasteiger partial charge on any atom is -0.465 e. The van der Waals surface area contributed by atoms with E-state index in [0.29, 0.717) is 26.3 Å². The van der Waals surface area contributed by atoms with Gasteiger partial charge in [-0.25, -0.2) is 4.79 Å². The smallest absolute Gasteiger partial charge is 0.341 e. The minimum atomic E-state index is -0.519. The van der Waals surface area contributed by atoms with Gasteiger partial charge in [-0.05, 0) is 30.2 Å². The summed E-state index contributed by atoms with van der Waals surface area (Å²) < 4.78 is 6.84. The van der Waals surface area contributed by atoms with Gasteiger partial charge in [0, 0.05) is 38.8 Å². The number of rotatable bonds is 8. The molecule has 3 heterocycles. The average molecular weight is 533 g/mol. The van der Waals surface area contributed by atoms with Gasteiger partial charge in [-0.3, -0.25) is 4.79 Å². The molecule has 0 saturated heterocycles. The number of methoxy groups -OCH3 is 1. The fraction of sp³-hybridized carbons (Fsp3) is 0.217. The molecule has 1 N–H and O–H groups in total. The van der Waals surface area contributed by atoms with Crippen molar-refractivity contribution < 1.29 is 14.3 Å². The van der Waals surface area contributed by atoms with Crippen LogP contribution in [-0.2, 0) is 23.0 Å². The lowest BCUT2D eigenvalue weighted by Gasteiger charge is -2.08. The number of esters is 1. The molecule has 3 aromatic heterocycles. The lowest BCUT2D eigenvalue weighted by atomic mass is 10.0. The van der Waals surface area contributed by atoms with Gasteiger partial charge in [-0.15, -0.1) is 32.9 Å². The van der Waals surface area contributed by atoms with Gasteiger partial charge in [0.25, 0.3) is 0 Å². The first-order valence-corrected chi connectivity index (χ1v) is 13.4. The second-order valence-corrected chi connectivity index (χ2v) is 10.5. The number of carbonyl (C=O) groups is 2. The summed E-state index contributed by atoms with van der Waals surface area (Å²) in [4.78, 5) is 26.5. The van der Waals surface area contributed by atoms with Crippen molar-refractivity contribution >= 4 is 62.9 Å². The van der Waals surface area contributed by atoms with E-state index in [2.05, 4.69) is 33.9 Å². The predicted octanol–water partition coefficient (Wildman–Crippen LogP) is 6.01. The Hall–Kier alpha value is -2.66. The van der Waals surface area contributed by atoms with Crippen LogP contribution in [0.3, 0.4) is 0 Å². The SMILES string of the molecule is CCc1cc(-c2nnc(SCC(=O)Nc3scc(-c4ccc(Cl)cc4)c3C(=O)OC)n2C)cs1. The molecule has 7 nitrogen and oxygen atoms in total. The van der Waals surface area contributed by atoms with E-state index in [4.69, 9.17) is 16.3 Å². The summed E-state index contributed by atoms with van der Waals surface area (Å²) in [6.45, 7) is 2.11. The van der Waals surface area contributed by atoms with Crippen LogP contribution in [-0.4, -0.2) is 39.5 Å². The van der Waals surface area contributed by atoms with Gasteiger partial charge in [0.1, 0.15) is 10.6 Å².